The Bertz CT molecular complexity index is 652. The summed E-state index contributed by atoms with van der Waals surface area (Å²) in [6, 6.07) is 14.6. The Morgan fingerprint density at radius 1 is 1.14 bits per heavy atom. The second-order valence-corrected chi connectivity index (χ2v) is 5.13. The standard InChI is InChI=1S/C17H20N2O3/c20-15(13-19-11-5-4-8-17(19)22)12-18-16(21)10-9-14-6-2-1-3-7-14/h1-8,11,15,20H,9-10,12-13H2,(H,18,21). The number of nitrogens with zero attached hydrogens (tertiary/aromatic N) is 1. The summed E-state index contributed by atoms with van der Waals surface area (Å²) < 4.78 is 1.42. The fourth-order valence-corrected chi connectivity index (χ4v) is 2.13. The maximum absolute atomic E-state index is 11.7. The molecule has 0 bridgehead atoms. The zero-order valence-electron chi connectivity index (χ0n) is 12.3. The number of carbonyl (C=O) groups excluding carboxylic acids is 1. The first kappa shape index (κ1) is 16.0. The number of hydrogen-bond donors (Lipinski definition) is 2. The number of carbonyl (C=O) groups is 1. The van der Waals surface area contributed by atoms with E-state index in [4.69, 9.17) is 0 Å². The third kappa shape index (κ3) is 5.18. The molecule has 5 nitrogen and oxygen atoms in total. The van der Waals surface area contributed by atoms with Gasteiger partial charge in [0.15, 0.2) is 0 Å². The number of amides is 1. The quantitative estimate of drug-likeness (QED) is 0.800. The normalized spacial score (nSPS) is 11.9. The van der Waals surface area contributed by atoms with E-state index in [9.17, 15) is 14.7 Å². The van der Waals surface area contributed by atoms with Gasteiger partial charge in [-0.15, -0.1) is 0 Å². The Morgan fingerprint density at radius 2 is 1.86 bits per heavy atom. The zero-order chi connectivity index (χ0) is 15.8. The molecule has 1 aromatic carbocycles. The van der Waals surface area contributed by atoms with Gasteiger partial charge in [0.1, 0.15) is 0 Å². The van der Waals surface area contributed by atoms with Gasteiger partial charge in [-0.1, -0.05) is 36.4 Å². The van der Waals surface area contributed by atoms with Gasteiger partial charge in [-0.25, -0.2) is 0 Å². The molecule has 2 N–H and O–H groups in total. The van der Waals surface area contributed by atoms with Gasteiger partial charge in [-0.3, -0.25) is 9.59 Å². The number of aromatic nitrogens is 1. The maximum Gasteiger partial charge on any atom is 0.250 e. The highest BCUT2D eigenvalue weighted by molar-refractivity contribution is 5.76. The topological polar surface area (TPSA) is 71.3 Å². The van der Waals surface area contributed by atoms with Crippen molar-refractivity contribution in [2.24, 2.45) is 0 Å². The van der Waals surface area contributed by atoms with Crippen LogP contribution in [-0.2, 0) is 17.8 Å². The SMILES string of the molecule is O=C(CCc1ccccc1)NCC(O)Cn1ccccc1=O. The number of rotatable bonds is 7. The minimum atomic E-state index is -0.791. The highest BCUT2D eigenvalue weighted by atomic mass is 16.3. The van der Waals surface area contributed by atoms with Crippen LogP contribution in [0.15, 0.2) is 59.5 Å². The Morgan fingerprint density at radius 3 is 2.59 bits per heavy atom. The van der Waals surface area contributed by atoms with E-state index < -0.39 is 6.10 Å². The summed E-state index contributed by atoms with van der Waals surface area (Å²) >= 11 is 0. The van der Waals surface area contributed by atoms with E-state index in [1.165, 1.54) is 10.6 Å². The molecule has 1 atom stereocenters. The summed E-state index contributed by atoms with van der Waals surface area (Å²) in [4.78, 5) is 23.3. The third-order valence-corrected chi connectivity index (χ3v) is 3.32. The summed E-state index contributed by atoms with van der Waals surface area (Å²) in [7, 11) is 0. The van der Waals surface area contributed by atoms with Crippen LogP contribution in [0.25, 0.3) is 0 Å². The molecule has 0 saturated carbocycles. The van der Waals surface area contributed by atoms with Gasteiger partial charge in [0.05, 0.1) is 12.6 Å². The number of pyridine rings is 1. The van der Waals surface area contributed by atoms with Gasteiger partial charge in [-0.05, 0) is 18.1 Å². The molecule has 1 aromatic heterocycles. The van der Waals surface area contributed by atoms with Gasteiger partial charge in [0.25, 0.3) is 5.56 Å². The molecule has 2 aromatic rings. The summed E-state index contributed by atoms with van der Waals surface area (Å²) in [5, 5.41) is 12.6. The first-order chi connectivity index (χ1) is 10.6. The van der Waals surface area contributed by atoms with Crippen LogP contribution < -0.4 is 10.9 Å². The van der Waals surface area contributed by atoms with E-state index in [1.54, 1.807) is 18.3 Å². The lowest BCUT2D eigenvalue weighted by Crippen LogP contribution is -2.36. The monoisotopic (exact) mass is 300 g/mol. The lowest BCUT2D eigenvalue weighted by atomic mass is 10.1. The lowest BCUT2D eigenvalue weighted by molar-refractivity contribution is -0.121. The summed E-state index contributed by atoms with van der Waals surface area (Å²) in [6.45, 7) is 0.299. The number of hydrogen-bond acceptors (Lipinski definition) is 3. The van der Waals surface area contributed by atoms with Crippen molar-refractivity contribution in [2.45, 2.75) is 25.5 Å². The highest BCUT2D eigenvalue weighted by Crippen LogP contribution is 2.02. The summed E-state index contributed by atoms with van der Waals surface area (Å²) in [6.07, 6.45) is 1.87. The van der Waals surface area contributed by atoms with Gasteiger partial charge in [0.2, 0.25) is 5.91 Å². The van der Waals surface area contributed by atoms with Gasteiger partial charge < -0.3 is 15.0 Å². The van der Waals surface area contributed by atoms with Crippen LogP contribution in [0.2, 0.25) is 0 Å². The summed E-state index contributed by atoms with van der Waals surface area (Å²) in [5.74, 6) is -0.108. The predicted octanol–water partition coefficient (Wildman–Crippen LogP) is 0.958. The molecule has 1 heterocycles. The highest BCUT2D eigenvalue weighted by Gasteiger charge is 2.08. The smallest absolute Gasteiger partial charge is 0.250 e. The van der Waals surface area contributed by atoms with Crippen LogP contribution in [0.4, 0.5) is 0 Å². The molecule has 5 heteroatoms. The molecule has 0 radical (unpaired) electrons. The molecule has 0 aliphatic heterocycles. The van der Waals surface area contributed by atoms with Gasteiger partial charge >= 0.3 is 0 Å². The second-order valence-electron chi connectivity index (χ2n) is 5.13. The number of aryl methyl sites for hydroxylation is 1. The molecule has 0 aliphatic rings. The predicted molar refractivity (Wildman–Crippen MR) is 84.5 cm³/mol. The zero-order valence-corrected chi connectivity index (χ0v) is 12.3. The van der Waals surface area contributed by atoms with Crippen molar-refractivity contribution in [3.8, 4) is 0 Å². The molecule has 116 valence electrons. The Labute approximate surface area is 129 Å². The number of aliphatic hydroxyl groups is 1. The Hall–Kier alpha value is -2.40. The molecule has 2 rings (SSSR count). The fraction of sp³-hybridized carbons (Fsp3) is 0.294. The minimum absolute atomic E-state index is 0.108. The Kier molecular flexibility index (Phi) is 5.91. The van der Waals surface area contributed by atoms with Gasteiger partial charge in [0, 0.05) is 25.2 Å². The van der Waals surface area contributed by atoms with Gasteiger partial charge in [-0.2, -0.15) is 0 Å². The van der Waals surface area contributed by atoms with Crippen molar-refractivity contribution in [2.75, 3.05) is 6.54 Å². The Balaban J connectivity index is 1.72. The van der Waals surface area contributed by atoms with Crippen LogP contribution in [0, 0.1) is 0 Å². The molecular formula is C17H20N2O3. The van der Waals surface area contributed by atoms with Crippen LogP contribution in [-0.4, -0.2) is 28.2 Å². The van der Waals surface area contributed by atoms with Crippen LogP contribution >= 0.6 is 0 Å². The van der Waals surface area contributed by atoms with Crippen molar-refractivity contribution in [1.29, 1.82) is 0 Å². The van der Waals surface area contributed by atoms with Crippen molar-refractivity contribution < 1.29 is 9.90 Å². The van der Waals surface area contributed by atoms with E-state index in [2.05, 4.69) is 5.32 Å². The molecule has 0 fully saturated rings. The van der Waals surface area contributed by atoms with Crippen molar-refractivity contribution in [3.05, 3.63) is 70.6 Å². The van der Waals surface area contributed by atoms with E-state index in [1.807, 2.05) is 30.3 Å². The van der Waals surface area contributed by atoms with Crippen molar-refractivity contribution >= 4 is 5.91 Å². The first-order valence-electron chi connectivity index (χ1n) is 7.29. The molecular weight excluding hydrogens is 280 g/mol. The lowest BCUT2D eigenvalue weighted by Gasteiger charge is -2.13. The van der Waals surface area contributed by atoms with Crippen LogP contribution in [0.3, 0.4) is 0 Å². The first-order valence-corrected chi connectivity index (χ1v) is 7.29. The number of benzene rings is 1. The molecule has 0 aliphatic carbocycles. The maximum atomic E-state index is 11.7. The van der Waals surface area contributed by atoms with Crippen molar-refractivity contribution in [1.82, 2.24) is 9.88 Å². The van der Waals surface area contributed by atoms with E-state index in [0.29, 0.717) is 12.8 Å². The van der Waals surface area contributed by atoms with E-state index >= 15 is 0 Å². The average Bonchev–Trinajstić information content (AvgIpc) is 2.54. The average molecular weight is 300 g/mol. The summed E-state index contributed by atoms with van der Waals surface area (Å²) in [5.41, 5.74) is 0.936. The molecule has 0 spiro atoms. The molecule has 1 unspecified atom stereocenters. The molecule has 0 saturated heterocycles. The van der Waals surface area contributed by atoms with Crippen LogP contribution in [0.5, 0.6) is 0 Å². The third-order valence-electron chi connectivity index (χ3n) is 3.32. The fourth-order valence-electron chi connectivity index (χ4n) is 2.13. The number of nitrogens with one attached hydrogen (secondary N) is 1. The van der Waals surface area contributed by atoms with E-state index in [-0.39, 0.29) is 24.6 Å². The number of aliphatic hydroxyl groups excluding tert-OH is 1. The molecule has 1 amide bonds. The molecule has 22 heavy (non-hydrogen) atoms. The minimum Gasteiger partial charge on any atom is -0.389 e. The largest absolute Gasteiger partial charge is 0.389 e. The van der Waals surface area contributed by atoms with Crippen LogP contribution in [0.1, 0.15) is 12.0 Å². The van der Waals surface area contributed by atoms with Crippen molar-refractivity contribution in [3.63, 3.8) is 0 Å². The second kappa shape index (κ2) is 8.14. The van der Waals surface area contributed by atoms with E-state index in [0.717, 1.165) is 5.56 Å².